The number of nitrogens with one attached hydrogen (secondary N) is 2. The zero-order chi connectivity index (χ0) is 20.2. The fourth-order valence-electron chi connectivity index (χ4n) is 3.26. The highest BCUT2D eigenvalue weighted by atomic mass is 16.5. The summed E-state index contributed by atoms with van der Waals surface area (Å²) in [4.78, 5) is 6.78. The van der Waals surface area contributed by atoms with Crippen molar-refractivity contribution in [1.82, 2.24) is 15.5 Å². The smallest absolute Gasteiger partial charge is 0.191 e. The van der Waals surface area contributed by atoms with Gasteiger partial charge in [-0.15, -0.1) is 0 Å². The minimum Gasteiger partial charge on any atom is -0.493 e. The summed E-state index contributed by atoms with van der Waals surface area (Å²) in [5.74, 6) is 2.29. The maximum atomic E-state index is 5.54. The van der Waals surface area contributed by atoms with Crippen LogP contribution in [0.15, 0.2) is 35.3 Å². The molecule has 1 fully saturated rings. The maximum Gasteiger partial charge on any atom is 0.191 e. The number of ether oxygens (including phenoxy) is 3. The van der Waals surface area contributed by atoms with Crippen LogP contribution in [-0.2, 0) is 4.74 Å². The van der Waals surface area contributed by atoms with Crippen molar-refractivity contribution in [2.45, 2.75) is 19.4 Å². The van der Waals surface area contributed by atoms with Gasteiger partial charge in [0.15, 0.2) is 17.5 Å². The molecular formula is C21H34N4O3. The first-order valence-electron chi connectivity index (χ1n) is 9.82. The molecule has 1 saturated heterocycles. The molecule has 2 N–H and O–H groups in total. The summed E-state index contributed by atoms with van der Waals surface area (Å²) < 4.78 is 16.4. The SMILES string of the molecule is CC=CCCNC(=NC)NCC(c1ccc(OC)c(OC)c1)N1CCOCC1. The molecule has 28 heavy (non-hydrogen) atoms. The standard InChI is InChI=1S/C21H34N4O3/c1-5-6-7-10-23-21(22-2)24-16-18(25-11-13-28-14-12-25)17-8-9-19(26-3)20(15-17)27-4/h5-6,8-9,15,18H,7,10-14,16H2,1-4H3,(H2,22,23,24). The lowest BCUT2D eigenvalue weighted by molar-refractivity contribution is 0.0169. The van der Waals surface area contributed by atoms with Crippen molar-refractivity contribution in [1.29, 1.82) is 0 Å². The Bertz CT molecular complexity index is 643. The zero-order valence-electron chi connectivity index (χ0n) is 17.5. The molecule has 0 bridgehead atoms. The number of allylic oxidation sites excluding steroid dienone is 1. The van der Waals surface area contributed by atoms with Crippen molar-refractivity contribution in [2.24, 2.45) is 4.99 Å². The number of morpholine rings is 1. The van der Waals surface area contributed by atoms with Crippen molar-refractivity contribution < 1.29 is 14.2 Å². The lowest BCUT2D eigenvalue weighted by Crippen LogP contribution is -2.46. The molecule has 0 aromatic heterocycles. The third-order valence-corrected chi connectivity index (χ3v) is 4.80. The van der Waals surface area contributed by atoms with Crippen LogP contribution in [0.2, 0.25) is 0 Å². The summed E-state index contributed by atoms with van der Waals surface area (Å²) in [6.07, 6.45) is 5.17. The van der Waals surface area contributed by atoms with Crippen molar-refractivity contribution in [3.05, 3.63) is 35.9 Å². The summed E-state index contributed by atoms with van der Waals surface area (Å²) in [5.41, 5.74) is 1.18. The number of hydrogen-bond donors (Lipinski definition) is 2. The molecule has 1 atom stereocenters. The van der Waals surface area contributed by atoms with Crippen LogP contribution >= 0.6 is 0 Å². The van der Waals surface area contributed by atoms with Crippen molar-refractivity contribution in [2.75, 3.05) is 60.7 Å². The average Bonchev–Trinajstić information content (AvgIpc) is 2.75. The highest BCUT2D eigenvalue weighted by Gasteiger charge is 2.24. The van der Waals surface area contributed by atoms with E-state index in [0.717, 1.165) is 63.3 Å². The molecule has 1 heterocycles. The molecule has 1 aromatic rings. The van der Waals surface area contributed by atoms with Crippen molar-refractivity contribution in [3.63, 3.8) is 0 Å². The molecule has 0 radical (unpaired) electrons. The van der Waals surface area contributed by atoms with Crippen molar-refractivity contribution >= 4 is 5.96 Å². The molecule has 0 amide bonds. The summed E-state index contributed by atoms with van der Waals surface area (Å²) in [6, 6.07) is 6.30. The van der Waals surface area contributed by atoms with E-state index in [-0.39, 0.29) is 6.04 Å². The Morgan fingerprint density at radius 3 is 2.61 bits per heavy atom. The summed E-state index contributed by atoms with van der Waals surface area (Å²) in [6.45, 7) is 6.91. The first-order valence-corrected chi connectivity index (χ1v) is 9.82. The van der Waals surface area contributed by atoms with Gasteiger partial charge in [-0.25, -0.2) is 0 Å². The normalized spacial score (nSPS) is 16.8. The molecule has 1 aliphatic heterocycles. The van der Waals surface area contributed by atoms with Gasteiger partial charge >= 0.3 is 0 Å². The Kier molecular flexibility index (Phi) is 9.65. The Balaban J connectivity index is 2.11. The lowest BCUT2D eigenvalue weighted by Gasteiger charge is -2.35. The predicted molar refractivity (Wildman–Crippen MR) is 113 cm³/mol. The molecule has 1 aromatic carbocycles. The maximum absolute atomic E-state index is 5.54. The molecule has 7 nitrogen and oxygen atoms in total. The van der Waals surface area contributed by atoms with E-state index >= 15 is 0 Å². The monoisotopic (exact) mass is 390 g/mol. The van der Waals surface area contributed by atoms with Gasteiger partial charge in [-0.05, 0) is 31.0 Å². The van der Waals surface area contributed by atoms with E-state index in [1.807, 2.05) is 13.0 Å². The van der Waals surface area contributed by atoms with Crippen LogP contribution in [0, 0.1) is 0 Å². The van der Waals surface area contributed by atoms with Gasteiger partial charge in [0.25, 0.3) is 0 Å². The lowest BCUT2D eigenvalue weighted by atomic mass is 10.0. The van der Waals surface area contributed by atoms with Crippen LogP contribution in [0.4, 0.5) is 0 Å². The van der Waals surface area contributed by atoms with Crippen LogP contribution < -0.4 is 20.1 Å². The highest BCUT2D eigenvalue weighted by Crippen LogP contribution is 2.32. The second kappa shape index (κ2) is 12.3. The number of hydrogen-bond acceptors (Lipinski definition) is 5. The Morgan fingerprint density at radius 2 is 1.96 bits per heavy atom. The predicted octanol–water partition coefficient (Wildman–Crippen LogP) is 2.21. The Morgan fingerprint density at radius 1 is 1.21 bits per heavy atom. The second-order valence-corrected chi connectivity index (χ2v) is 6.52. The van der Waals surface area contributed by atoms with Crippen molar-refractivity contribution in [3.8, 4) is 11.5 Å². The molecule has 0 spiro atoms. The van der Waals surface area contributed by atoms with E-state index in [9.17, 15) is 0 Å². The fourth-order valence-corrected chi connectivity index (χ4v) is 3.26. The van der Waals surface area contributed by atoms with Crippen LogP contribution in [0.25, 0.3) is 0 Å². The first-order chi connectivity index (χ1) is 13.7. The quantitative estimate of drug-likeness (QED) is 0.292. The number of benzene rings is 1. The highest BCUT2D eigenvalue weighted by molar-refractivity contribution is 5.79. The number of methoxy groups -OCH3 is 2. The fraction of sp³-hybridized carbons (Fsp3) is 0.571. The van der Waals surface area contributed by atoms with E-state index in [1.54, 1.807) is 21.3 Å². The summed E-state index contributed by atoms with van der Waals surface area (Å²) in [7, 11) is 5.12. The molecule has 1 unspecified atom stereocenters. The third kappa shape index (κ3) is 6.42. The average molecular weight is 391 g/mol. The van der Waals surface area contributed by atoms with E-state index in [4.69, 9.17) is 14.2 Å². The van der Waals surface area contributed by atoms with E-state index in [1.165, 1.54) is 5.56 Å². The molecule has 0 saturated carbocycles. The van der Waals surface area contributed by atoms with Crippen LogP contribution in [-0.4, -0.2) is 71.5 Å². The van der Waals surface area contributed by atoms with Gasteiger partial charge in [-0.1, -0.05) is 18.2 Å². The number of aliphatic imine (C=N–C) groups is 1. The topological polar surface area (TPSA) is 67.4 Å². The molecular weight excluding hydrogens is 356 g/mol. The third-order valence-electron chi connectivity index (χ3n) is 4.80. The van der Waals surface area contributed by atoms with Crippen LogP contribution in [0.1, 0.15) is 24.9 Å². The van der Waals surface area contributed by atoms with Gasteiger partial charge in [-0.2, -0.15) is 0 Å². The van der Waals surface area contributed by atoms with E-state index < -0.39 is 0 Å². The number of guanidine groups is 1. The minimum absolute atomic E-state index is 0.179. The van der Waals surface area contributed by atoms with Gasteiger partial charge in [-0.3, -0.25) is 9.89 Å². The summed E-state index contributed by atoms with van der Waals surface area (Å²) in [5, 5.41) is 6.82. The molecule has 2 rings (SSSR count). The van der Waals surface area contributed by atoms with Gasteiger partial charge in [0.1, 0.15) is 0 Å². The van der Waals surface area contributed by atoms with Crippen LogP contribution in [0.3, 0.4) is 0 Å². The Hall–Kier alpha value is -2.25. The van der Waals surface area contributed by atoms with Gasteiger partial charge in [0, 0.05) is 33.2 Å². The minimum atomic E-state index is 0.179. The number of nitrogens with zero attached hydrogens (tertiary/aromatic N) is 2. The zero-order valence-corrected chi connectivity index (χ0v) is 17.5. The first kappa shape index (κ1) is 22.0. The van der Waals surface area contributed by atoms with Gasteiger partial charge in [0.05, 0.1) is 33.5 Å². The molecule has 156 valence electrons. The molecule has 1 aliphatic rings. The van der Waals surface area contributed by atoms with Crippen LogP contribution in [0.5, 0.6) is 11.5 Å². The van der Waals surface area contributed by atoms with Gasteiger partial charge in [0.2, 0.25) is 0 Å². The molecule has 7 heteroatoms. The molecule has 0 aliphatic carbocycles. The Labute approximate surface area is 168 Å². The van der Waals surface area contributed by atoms with Gasteiger partial charge < -0.3 is 24.8 Å². The van der Waals surface area contributed by atoms with E-state index in [2.05, 4.69) is 44.8 Å². The van der Waals surface area contributed by atoms with E-state index in [0.29, 0.717) is 0 Å². The summed E-state index contributed by atoms with van der Waals surface area (Å²) >= 11 is 0. The second-order valence-electron chi connectivity index (χ2n) is 6.52. The largest absolute Gasteiger partial charge is 0.493 e. The number of rotatable bonds is 9.